The molecule has 0 aliphatic carbocycles. The van der Waals surface area contributed by atoms with Crippen molar-refractivity contribution in [2.45, 2.75) is 19.3 Å². The molecule has 1 aliphatic rings. The van der Waals surface area contributed by atoms with Gasteiger partial charge >= 0.3 is 0 Å². The van der Waals surface area contributed by atoms with E-state index in [2.05, 4.69) is 10.1 Å². The Labute approximate surface area is 122 Å². The second-order valence-electron chi connectivity index (χ2n) is 5.00. The molecule has 2 aromatic rings. The van der Waals surface area contributed by atoms with Gasteiger partial charge in [0.2, 0.25) is 11.7 Å². The van der Waals surface area contributed by atoms with E-state index in [0.29, 0.717) is 37.1 Å². The molecule has 1 atom stereocenters. The summed E-state index contributed by atoms with van der Waals surface area (Å²) in [6, 6.07) is 5.73. The van der Waals surface area contributed by atoms with Gasteiger partial charge < -0.3 is 14.0 Å². The summed E-state index contributed by atoms with van der Waals surface area (Å²) >= 11 is 0. The summed E-state index contributed by atoms with van der Waals surface area (Å²) in [5, 5.41) is 3.96. The summed E-state index contributed by atoms with van der Waals surface area (Å²) in [7, 11) is 1.60. The fourth-order valence-corrected chi connectivity index (χ4v) is 2.32. The number of hydrogen-bond donors (Lipinski definition) is 0. The Bertz CT molecular complexity index is 665. The van der Waals surface area contributed by atoms with E-state index >= 15 is 0 Å². The molecule has 6 heteroatoms. The highest BCUT2D eigenvalue weighted by atomic mass is 16.5. The van der Waals surface area contributed by atoms with Crippen LogP contribution >= 0.6 is 0 Å². The zero-order valence-electron chi connectivity index (χ0n) is 12.0. The van der Waals surface area contributed by atoms with Crippen molar-refractivity contribution in [3.8, 4) is 17.1 Å². The molecule has 0 amide bonds. The number of ether oxygens (including phenoxy) is 2. The lowest BCUT2D eigenvalue weighted by Gasteiger charge is -2.17. The van der Waals surface area contributed by atoms with Crippen LogP contribution in [0.5, 0.6) is 5.75 Å². The zero-order valence-corrected chi connectivity index (χ0v) is 12.0. The molecular weight excluding hydrogens is 272 g/mol. The minimum absolute atomic E-state index is 0.0762. The summed E-state index contributed by atoms with van der Waals surface area (Å²) in [4.78, 5) is 16.2. The molecule has 0 bridgehead atoms. The number of benzene rings is 1. The molecule has 0 spiro atoms. The first-order valence-electron chi connectivity index (χ1n) is 6.78. The Balaban J connectivity index is 1.93. The van der Waals surface area contributed by atoms with E-state index in [9.17, 15) is 4.79 Å². The molecule has 1 aromatic carbocycles. The van der Waals surface area contributed by atoms with E-state index in [1.165, 1.54) is 0 Å². The van der Waals surface area contributed by atoms with Crippen molar-refractivity contribution in [1.29, 1.82) is 0 Å². The largest absolute Gasteiger partial charge is 0.496 e. The number of ketones is 1. The third-order valence-electron chi connectivity index (χ3n) is 3.50. The average Bonchev–Trinajstić information content (AvgIpc) is 2.97. The first-order valence-corrected chi connectivity index (χ1v) is 6.78. The maximum atomic E-state index is 11.9. The predicted octanol–water partition coefficient (Wildman–Crippen LogP) is 2.13. The maximum absolute atomic E-state index is 11.9. The highest BCUT2D eigenvalue weighted by Crippen LogP contribution is 2.30. The van der Waals surface area contributed by atoms with Gasteiger partial charge in [0, 0.05) is 6.42 Å². The van der Waals surface area contributed by atoms with Gasteiger partial charge in [-0.15, -0.1) is 0 Å². The number of rotatable bonds is 3. The van der Waals surface area contributed by atoms with Crippen LogP contribution in [0.3, 0.4) is 0 Å². The van der Waals surface area contributed by atoms with E-state index in [1.807, 2.05) is 25.1 Å². The monoisotopic (exact) mass is 288 g/mol. The van der Waals surface area contributed by atoms with Gasteiger partial charge in [-0.2, -0.15) is 4.98 Å². The lowest BCUT2D eigenvalue weighted by atomic mass is 10.0. The maximum Gasteiger partial charge on any atom is 0.239 e. The minimum atomic E-state index is -0.462. The van der Waals surface area contributed by atoms with E-state index in [0.717, 1.165) is 11.1 Å². The van der Waals surface area contributed by atoms with Crippen molar-refractivity contribution in [3.63, 3.8) is 0 Å². The van der Waals surface area contributed by atoms with Crippen molar-refractivity contribution >= 4 is 5.78 Å². The number of methoxy groups -OCH3 is 1. The molecule has 1 aliphatic heterocycles. The molecular formula is C15H16N2O4. The van der Waals surface area contributed by atoms with Gasteiger partial charge in [-0.05, 0) is 24.6 Å². The lowest BCUT2D eigenvalue weighted by Crippen LogP contribution is -2.25. The Kier molecular flexibility index (Phi) is 3.70. The molecule has 3 rings (SSSR count). The molecule has 1 saturated heterocycles. The summed E-state index contributed by atoms with van der Waals surface area (Å²) in [6.45, 7) is 2.74. The van der Waals surface area contributed by atoms with Crippen molar-refractivity contribution in [2.75, 3.05) is 20.3 Å². The molecule has 0 radical (unpaired) electrons. The Hall–Kier alpha value is -2.21. The van der Waals surface area contributed by atoms with Crippen molar-refractivity contribution in [2.24, 2.45) is 0 Å². The van der Waals surface area contributed by atoms with Crippen LogP contribution in [-0.4, -0.2) is 36.2 Å². The van der Waals surface area contributed by atoms with Gasteiger partial charge in [0.05, 0.1) is 25.9 Å². The van der Waals surface area contributed by atoms with Gasteiger partial charge in [0.25, 0.3) is 0 Å². The van der Waals surface area contributed by atoms with E-state index in [1.54, 1.807) is 7.11 Å². The van der Waals surface area contributed by atoms with Crippen molar-refractivity contribution < 1.29 is 18.8 Å². The Morgan fingerprint density at radius 1 is 1.38 bits per heavy atom. The van der Waals surface area contributed by atoms with Gasteiger partial charge in [-0.3, -0.25) is 4.79 Å². The summed E-state index contributed by atoms with van der Waals surface area (Å²) in [5.74, 6) is 1.01. The summed E-state index contributed by atoms with van der Waals surface area (Å²) in [5.41, 5.74) is 1.82. The number of nitrogens with zero attached hydrogens (tertiary/aromatic N) is 2. The standard InChI is InChI=1S/C15H16N2O4/c1-9-3-4-10(13(7-9)19-2)14-16-15(21-17-14)11-8-20-6-5-12(11)18/h3-4,7,11H,5-6,8H2,1-2H3. The van der Waals surface area contributed by atoms with Crippen LogP contribution in [0.15, 0.2) is 22.7 Å². The van der Waals surface area contributed by atoms with Crippen LogP contribution in [0.2, 0.25) is 0 Å². The topological polar surface area (TPSA) is 74.5 Å². The minimum Gasteiger partial charge on any atom is -0.496 e. The SMILES string of the molecule is COc1cc(C)ccc1-c1noc(C2COCCC2=O)n1. The molecule has 1 aromatic heterocycles. The Morgan fingerprint density at radius 2 is 2.24 bits per heavy atom. The van der Waals surface area contributed by atoms with Gasteiger partial charge in [-0.1, -0.05) is 11.2 Å². The van der Waals surface area contributed by atoms with Gasteiger partial charge in [0.1, 0.15) is 17.5 Å². The number of carbonyl (C=O) groups excluding carboxylic acids is 1. The van der Waals surface area contributed by atoms with Crippen LogP contribution in [0, 0.1) is 6.92 Å². The molecule has 2 heterocycles. The first-order chi connectivity index (χ1) is 10.2. The number of aryl methyl sites for hydroxylation is 1. The quantitative estimate of drug-likeness (QED) is 0.861. The molecule has 6 nitrogen and oxygen atoms in total. The fourth-order valence-electron chi connectivity index (χ4n) is 2.32. The normalized spacial score (nSPS) is 18.8. The van der Waals surface area contributed by atoms with E-state index in [-0.39, 0.29) is 5.78 Å². The zero-order chi connectivity index (χ0) is 14.8. The smallest absolute Gasteiger partial charge is 0.239 e. The van der Waals surface area contributed by atoms with Crippen LogP contribution in [0.1, 0.15) is 23.8 Å². The molecule has 21 heavy (non-hydrogen) atoms. The van der Waals surface area contributed by atoms with Crippen molar-refractivity contribution in [1.82, 2.24) is 10.1 Å². The Morgan fingerprint density at radius 3 is 3.00 bits per heavy atom. The second kappa shape index (κ2) is 5.65. The lowest BCUT2D eigenvalue weighted by molar-refractivity contribution is -0.127. The van der Waals surface area contributed by atoms with Crippen LogP contribution in [0.4, 0.5) is 0 Å². The van der Waals surface area contributed by atoms with Crippen LogP contribution < -0.4 is 4.74 Å². The third kappa shape index (κ3) is 2.67. The molecule has 1 unspecified atom stereocenters. The van der Waals surface area contributed by atoms with Crippen LogP contribution in [0.25, 0.3) is 11.4 Å². The average molecular weight is 288 g/mol. The second-order valence-corrected chi connectivity index (χ2v) is 5.00. The summed E-state index contributed by atoms with van der Waals surface area (Å²) in [6.07, 6.45) is 0.385. The molecule has 110 valence electrons. The summed E-state index contributed by atoms with van der Waals surface area (Å²) < 4.78 is 15.9. The number of Topliss-reactive ketones (excluding diaryl/α,β-unsaturated/α-hetero) is 1. The highest BCUT2D eigenvalue weighted by Gasteiger charge is 2.30. The van der Waals surface area contributed by atoms with Gasteiger partial charge in [-0.25, -0.2) is 0 Å². The molecule has 0 saturated carbocycles. The van der Waals surface area contributed by atoms with Gasteiger partial charge in [0.15, 0.2) is 0 Å². The number of aromatic nitrogens is 2. The van der Waals surface area contributed by atoms with Crippen molar-refractivity contribution in [3.05, 3.63) is 29.7 Å². The fraction of sp³-hybridized carbons (Fsp3) is 0.400. The van der Waals surface area contributed by atoms with E-state index in [4.69, 9.17) is 14.0 Å². The predicted molar refractivity (Wildman–Crippen MR) is 74.2 cm³/mol. The highest BCUT2D eigenvalue weighted by molar-refractivity contribution is 5.85. The number of hydrogen-bond acceptors (Lipinski definition) is 6. The molecule has 1 fully saturated rings. The van der Waals surface area contributed by atoms with E-state index < -0.39 is 5.92 Å². The first kappa shape index (κ1) is 13.8. The number of carbonyl (C=O) groups is 1. The molecule has 0 N–H and O–H groups in total. The third-order valence-corrected chi connectivity index (χ3v) is 3.50. The van der Waals surface area contributed by atoms with Crippen LogP contribution in [-0.2, 0) is 9.53 Å².